The number of hydrogen-bond acceptors (Lipinski definition) is 6. The molecule has 0 radical (unpaired) electrons. The summed E-state index contributed by atoms with van der Waals surface area (Å²) < 4.78 is 11.0. The Bertz CT molecular complexity index is 878. The number of aromatic nitrogens is 4. The molecule has 1 aliphatic heterocycles. The van der Waals surface area contributed by atoms with E-state index in [0.717, 1.165) is 11.3 Å². The van der Waals surface area contributed by atoms with Gasteiger partial charge in [-0.25, -0.2) is 4.98 Å². The molecule has 0 aliphatic carbocycles. The number of fused-ring (bicyclic) bond motifs is 1. The maximum atomic E-state index is 12.3. The Kier molecular flexibility index (Phi) is 3.99. The van der Waals surface area contributed by atoms with Crippen molar-refractivity contribution in [1.29, 1.82) is 0 Å². The van der Waals surface area contributed by atoms with Crippen molar-refractivity contribution in [3.05, 3.63) is 54.0 Å². The van der Waals surface area contributed by atoms with Gasteiger partial charge in [0.15, 0.2) is 17.3 Å². The third-order valence-electron chi connectivity index (χ3n) is 3.74. The van der Waals surface area contributed by atoms with Crippen molar-refractivity contribution in [2.45, 2.75) is 6.54 Å². The maximum absolute atomic E-state index is 12.3. The number of nitrogens with zero attached hydrogens (tertiary/aromatic N) is 3. The van der Waals surface area contributed by atoms with Crippen molar-refractivity contribution in [3.63, 3.8) is 0 Å². The summed E-state index contributed by atoms with van der Waals surface area (Å²) in [5.41, 5.74) is 2.03. The highest BCUT2D eigenvalue weighted by molar-refractivity contribution is 5.94. The lowest BCUT2D eigenvalue weighted by molar-refractivity contribution is 0.0950. The van der Waals surface area contributed by atoms with E-state index in [0.29, 0.717) is 42.6 Å². The Morgan fingerprint density at radius 3 is 2.76 bits per heavy atom. The van der Waals surface area contributed by atoms with Gasteiger partial charge in [0.2, 0.25) is 0 Å². The minimum atomic E-state index is -0.202. The first-order valence-electron chi connectivity index (χ1n) is 7.78. The number of benzene rings is 1. The minimum absolute atomic E-state index is 0.202. The summed E-state index contributed by atoms with van der Waals surface area (Å²) in [6, 6.07) is 9.05. The fourth-order valence-corrected chi connectivity index (χ4v) is 2.48. The lowest BCUT2D eigenvalue weighted by atomic mass is 10.2. The number of carbonyl (C=O) groups is 1. The van der Waals surface area contributed by atoms with Crippen LogP contribution in [0.1, 0.15) is 15.9 Å². The Hall–Kier alpha value is -3.42. The lowest BCUT2D eigenvalue weighted by Crippen LogP contribution is -2.23. The molecule has 0 bridgehead atoms. The van der Waals surface area contributed by atoms with Gasteiger partial charge in [-0.05, 0) is 29.8 Å². The second-order valence-electron chi connectivity index (χ2n) is 5.43. The Morgan fingerprint density at radius 2 is 2.00 bits per heavy atom. The summed E-state index contributed by atoms with van der Waals surface area (Å²) in [5, 5.41) is 9.37. The van der Waals surface area contributed by atoms with E-state index < -0.39 is 0 Å². The molecule has 4 rings (SSSR count). The molecule has 3 heterocycles. The number of rotatable bonds is 4. The van der Waals surface area contributed by atoms with Crippen molar-refractivity contribution in [2.24, 2.45) is 0 Å². The molecule has 1 aromatic carbocycles. The van der Waals surface area contributed by atoms with Crippen molar-refractivity contribution in [2.75, 3.05) is 13.2 Å². The monoisotopic (exact) mass is 337 g/mol. The van der Waals surface area contributed by atoms with Gasteiger partial charge in [0.25, 0.3) is 5.91 Å². The molecule has 1 aliphatic rings. The average Bonchev–Trinajstić information content (AvgIpc) is 3.21. The highest BCUT2D eigenvalue weighted by Crippen LogP contribution is 2.30. The molecule has 126 valence electrons. The quantitative estimate of drug-likeness (QED) is 0.749. The number of carbonyl (C=O) groups excluding carboxylic acids is 1. The Morgan fingerprint density at radius 1 is 1.12 bits per heavy atom. The molecule has 0 fully saturated rings. The van der Waals surface area contributed by atoms with Crippen molar-refractivity contribution in [1.82, 2.24) is 25.5 Å². The molecule has 25 heavy (non-hydrogen) atoms. The van der Waals surface area contributed by atoms with Crippen LogP contribution >= 0.6 is 0 Å². The second kappa shape index (κ2) is 6.60. The van der Waals surface area contributed by atoms with Crippen LogP contribution in [0.25, 0.3) is 11.5 Å². The highest BCUT2D eigenvalue weighted by Gasteiger charge is 2.13. The molecule has 8 heteroatoms. The predicted molar refractivity (Wildman–Crippen MR) is 88.2 cm³/mol. The van der Waals surface area contributed by atoms with Gasteiger partial charge in [-0.1, -0.05) is 6.07 Å². The van der Waals surface area contributed by atoms with Gasteiger partial charge >= 0.3 is 0 Å². The second-order valence-corrected chi connectivity index (χ2v) is 5.43. The molecule has 0 spiro atoms. The number of nitrogens with one attached hydrogen (secondary N) is 2. The molecule has 2 aromatic heterocycles. The van der Waals surface area contributed by atoms with E-state index in [1.807, 2.05) is 18.2 Å². The summed E-state index contributed by atoms with van der Waals surface area (Å²) in [4.78, 5) is 20.5. The van der Waals surface area contributed by atoms with Crippen LogP contribution in [0.2, 0.25) is 0 Å². The van der Waals surface area contributed by atoms with Crippen LogP contribution < -0.4 is 14.8 Å². The van der Waals surface area contributed by atoms with Crippen molar-refractivity contribution in [3.8, 4) is 23.0 Å². The van der Waals surface area contributed by atoms with E-state index in [2.05, 4.69) is 25.5 Å². The minimum Gasteiger partial charge on any atom is -0.486 e. The number of ether oxygens (including phenoxy) is 2. The Balaban J connectivity index is 1.40. The van der Waals surface area contributed by atoms with E-state index in [4.69, 9.17) is 9.47 Å². The summed E-state index contributed by atoms with van der Waals surface area (Å²) in [6.07, 6.45) is 2.92. The maximum Gasteiger partial charge on any atom is 0.253 e. The molecule has 2 N–H and O–H groups in total. The largest absolute Gasteiger partial charge is 0.486 e. The zero-order chi connectivity index (χ0) is 17.1. The molecule has 0 unspecified atom stereocenters. The number of aromatic amines is 1. The summed E-state index contributed by atoms with van der Waals surface area (Å²) in [7, 11) is 0. The summed E-state index contributed by atoms with van der Waals surface area (Å²) >= 11 is 0. The molecule has 0 saturated heterocycles. The van der Waals surface area contributed by atoms with Gasteiger partial charge in [-0.2, -0.15) is 5.10 Å². The third-order valence-corrected chi connectivity index (χ3v) is 3.74. The van der Waals surface area contributed by atoms with Gasteiger partial charge in [0.1, 0.15) is 25.2 Å². The number of H-pyrrole nitrogens is 1. The molecule has 0 atom stereocenters. The van der Waals surface area contributed by atoms with Gasteiger partial charge in [-0.15, -0.1) is 0 Å². The predicted octanol–water partition coefficient (Wildman–Crippen LogP) is 1.57. The van der Waals surface area contributed by atoms with Crippen LogP contribution in [0.15, 0.2) is 42.9 Å². The smallest absolute Gasteiger partial charge is 0.253 e. The zero-order valence-electron chi connectivity index (χ0n) is 13.2. The summed E-state index contributed by atoms with van der Waals surface area (Å²) in [6.45, 7) is 1.48. The van der Waals surface area contributed by atoms with Gasteiger partial charge in [0.05, 0.1) is 5.56 Å². The number of amides is 1. The van der Waals surface area contributed by atoms with Crippen molar-refractivity contribution >= 4 is 5.91 Å². The van der Waals surface area contributed by atoms with E-state index in [1.54, 1.807) is 12.1 Å². The normalized spacial score (nSPS) is 12.6. The van der Waals surface area contributed by atoms with Crippen LogP contribution in [0.3, 0.4) is 0 Å². The lowest BCUT2D eigenvalue weighted by Gasteiger charge is -2.19. The van der Waals surface area contributed by atoms with Gasteiger partial charge in [-0.3, -0.25) is 14.9 Å². The molecular formula is C17H15N5O3. The standard InChI is InChI=1S/C17H15N5O3/c23-17(12-2-3-13(18-9-12)16-20-10-21-22-16)19-8-11-1-4-14-15(7-11)25-6-5-24-14/h1-4,7,9-10H,5-6,8H2,(H,19,23)(H,20,21,22). The van der Waals surface area contributed by atoms with Gasteiger partial charge < -0.3 is 14.8 Å². The molecule has 8 nitrogen and oxygen atoms in total. The van der Waals surface area contributed by atoms with Crippen molar-refractivity contribution < 1.29 is 14.3 Å². The van der Waals surface area contributed by atoms with Crippen LogP contribution in [0.4, 0.5) is 0 Å². The summed E-state index contributed by atoms with van der Waals surface area (Å²) in [5.74, 6) is 1.79. The highest BCUT2D eigenvalue weighted by atomic mass is 16.6. The fraction of sp³-hybridized carbons (Fsp3) is 0.176. The first-order valence-corrected chi connectivity index (χ1v) is 7.78. The fourth-order valence-electron chi connectivity index (χ4n) is 2.48. The van der Waals surface area contributed by atoms with E-state index >= 15 is 0 Å². The molecule has 1 amide bonds. The topological polar surface area (TPSA) is 102 Å². The van der Waals surface area contributed by atoms with Gasteiger partial charge in [0, 0.05) is 12.7 Å². The first kappa shape index (κ1) is 15.1. The zero-order valence-corrected chi connectivity index (χ0v) is 13.2. The van der Waals surface area contributed by atoms with E-state index in [-0.39, 0.29) is 5.91 Å². The molecule has 3 aromatic rings. The SMILES string of the molecule is O=C(NCc1ccc2c(c1)OCCO2)c1ccc(-c2ncn[nH]2)nc1. The molecular weight excluding hydrogens is 322 g/mol. The molecule has 0 saturated carbocycles. The Labute approximate surface area is 143 Å². The average molecular weight is 337 g/mol. The van der Waals surface area contributed by atoms with E-state index in [9.17, 15) is 4.79 Å². The van der Waals surface area contributed by atoms with Crippen LogP contribution in [-0.4, -0.2) is 39.3 Å². The van der Waals surface area contributed by atoms with Crippen LogP contribution in [-0.2, 0) is 6.54 Å². The number of pyridine rings is 1. The first-order chi connectivity index (χ1) is 12.3. The number of hydrogen-bond donors (Lipinski definition) is 2. The van der Waals surface area contributed by atoms with Crippen LogP contribution in [0, 0.1) is 0 Å². The third kappa shape index (κ3) is 3.27. The van der Waals surface area contributed by atoms with E-state index in [1.165, 1.54) is 12.5 Å². The van der Waals surface area contributed by atoms with Crippen LogP contribution in [0.5, 0.6) is 11.5 Å².